The minimum Gasteiger partial charge on any atom is -0.411 e. The number of anilines is 1. The molecule has 1 heterocycles. The van der Waals surface area contributed by atoms with Gasteiger partial charge in [0.05, 0.1) is 5.71 Å². The van der Waals surface area contributed by atoms with Gasteiger partial charge in [0, 0.05) is 51.3 Å². The fourth-order valence-corrected chi connectivity index (χ4v) is 2.15. The van der Waals surface area contributed by atoms with Crippen LogP contribution in [0.15, 0.2) is 29.4 Å². The van der Waals surface area contributed by atoms with Gasteiger partial charge in [0.1, 0.15) is 0 Å². The lowest BCUT2D eigenvalue weighted by Gasteiger charge is -2.27. The second-order valence-electron chi connectivity index (χ2n) is 4.90. The Labute approximate surface area is 113 Å². The van der Waals surface area contributed by atoms with E-state index in [4.69, 9.17) is 5.21 Å². The number of nitrogens with zero attached hydrogens (tertiary/aromatic N) is 3. The third-order valence-corrected chi connectivity index (χ3v) is 3.40. The summed E-state index contributed by atoms with van der Waals surface area (Å²) in [4.78, 5) is 16.1. The predicted molar refractivity (Wildman–Crippen MR) is 75.1 cm³/mol. The Balaban J connectivity index is 2.04. The van der Waals surface area contributed by atoms with Gasteiger partial charge in [-0.2, -0.15) is 0 Å². The van der Waals surface area contributed by atoms with E-state index in [0.717, 1.165) is 11.4 Å². The second kappa shape index (κ2) is 5.73. The van der Waals surface area contributed by atoms with Crippen molar-refractivity contribution >= 4 is 17.3 Å². The van der Waals surface area contributed by atoms with Crippen molar-refractivity contribution in [2.45, 2.75) is 12.8 Å². The van der Waals surface area contributed by atoms with E-state index < -0.39 is 0 Å². The molecular weight excluding hydrogens is 242 g/mol. The third kappa shape index (κ3) is 3.05. The molecule has 2 rings (SSSR count). The molecule has 1 amide bonds. The molecule has 1 aromatic carbocycles. The smallest absolute Gasteiger partial charge is 0.253 e. The van der Waals surface area contributed by atoms with E-state index in [1.165, 1.54) is 0 Å². The highest BCUT2D eigenvalue weighted by atomic mass is 16.4. The van der Waals surface area contributed by atoms with Crippen LogP contribution in [0.1, 0.15) is 23.2 Å². The van der Waals surface area contributed by atoms with Crippen LogP contribution in [-0.4, -0.2) is 48.9 Å². The number of carbonyl (C=O) groups excluding carboxylic acids is 1. The number of piperidine rings is 1. The summed E-state index contributed by atoms with van der Waals surface area (Å²) in [5.41, 5.74) is 2.55. The molecule has 0 aromatic heterocycles. The third-order valence-electron chi connectivity index (χ3n) is 3.40. The molecule has 102 valence electrons. The van der Waals surface area contributed by atoms with Gasteiger partial charge in [0.15, 0.2) is 0 Å². The van der Waals surface area contributed by atoms with E-state index in [1.807, 2.05) is 43.3 Å². The molecule has 1 aromatic rings. The molecule has 0 bridgehead atoms. The van der Waals surface area contributed by atoms with Gasteiger partial charge in [0.25, 0.3) is 5.91 Å². The van der Waals surface area contributed by atoms with E-state index >= 15 is 0 Å². The monoisotopic (exact) mass is 261 g/mol. The van der Waals surface area contributed by atoms with Gasteiger partial charge in [-0.1, -0.05) is 5.16 Å². The molecule has 1 saturated heterocycles. The van der Waals surface area contributed by atoms with Gasteiger partial charge >= 0.3 is 0 Å². The van der Waals surface area contributed by atoms with Crippen LogP contribution >= 0.6 is 0 Å². The van der Waals surface area contributed by atoms with Crippen LogP contribution in [0.2, 0.25) is 0 Å². The number of amides is 1. The summed E-state index contributed by atoms with van der Waals surface area (Å²) in [6.45, 7) is 1.24. The van der Waals surface area contributed by atoms with Gasteiger partial charge in [0.2, 0.25) is 0 Å². The minimum absolute atomic E-state index is 0.0438. The maximum Gasteiger partial charge on any atom is 0.253 e. The largest absolute Gasteiger partial charge is 0.411 e. The Bertz CT molecular complexity index is 470. The SMILES string of the molecule is CN(C)c1ccc(C(=O)N2CCC(=NO)CC2)cc1. The Morgan fingerprint density at radius 1 is 1.21 bits per heavy atom. The number of likely N-dealkylation sites (tertiary alicyclic amines) is 1. The molecular formula is C14H19N3O2. The minimum atomic E-state index is 0.0438. The van der Waals surface area contributed by atoms with E-state index in [2.05, 4.69) is 5.16 Å². The van der Waals surface area contributed by atoms with Crippen molar-refractivity contribution in [1.29, 1.82) is 0 Å². The predicted octanol–water partition coefficient (Wildman–Crippen LogP) is 1.82. The molecule has 0 radical (unpaired) electrons. The van der Waals surface area contributed by atoms with Crippen molar-refractivity contribution in [3.63, 3.8) is 0 Å². The molecule has 1 N–H and O–H groups in total. The van der Waals surface area contributed by atoms with Crippen LogP contribution in [0.5, 0.6) is 0 Å². The highest BCUT2D eigenvalue weighted by Gasteiger charge is 2.21. The van der Waals surface area contributed by atoms with Crippen LogP contribution in [0, 0.1) is 0 Å². The first-order valence-electron chi connectivity index (χ1n) is 6.38. The lowest BCUT2D eigenvalue weighted by Crippen LogP contribution is -2.38. The molecule has 5 heteroatoms. The number of oxime groups is 1. The van der Waals surface area contributed by atoms with Crippen LogP contribution < -0.4 is 4.90 Å². The fourth-order valence-electron chi connectivity index (χ4n) is 2.15. The summed E-state index contributed by atoms with van der Waals surface area (Å²) < 4.78 is 0. The summed E-state index contributed by atoms with van der Waals surface area (Å²) in [7, 11) is 3.94. The van der Waals surface area contributed by atoms with Crippen molar-refractivity contribution in [1.82, 2.24) is 4.90 Å². The van der Waals surface area contributed by atoms with Crippen molar-refractivity contribution in [2.75, 3.05) is 32.1 Å². The van der Waals surface area contributed by atoms with Crippen molar-refractivity contribution in [3.8, 4) is 0 Å². The average Bonchev–Trinajstić information content (AvgIpc) is 2.46. The molecule has 0 atom stereocenters. The first-order chi connectivity index (χ1) is 9.11. The van der Waals surface area contributed by atoms with Gasteiger partial charge in [-0.05, 0) is 24.3 Å². The molecule has 1 aliphatic rings. The maximum atomic E-state index is 12.3. The number of hydrogen-bond donors (Lipinski definition) is 1. The zero-order chi connectivity index (χ0) is 13.8. The summed E-state index contributed by atoms with van der Waals surface area (Å²) in [6, 6.07) is 7.59. The summed E-state index contributed by atoms with van der Waals surface area (Å²) in [5.74, 6) is 0.0438. The van der Waals surface area contributed by atoms with Crippen molar-refractivity contribution in [2.24, 2.45) is 5.16 Å². The first-order valence-corrected chi connectivity index (χ1v) is 6.38. The summed E-state index contributed by atoms with van der Waals surface area (Å²) in [5, 5.41) is 11.9. The number of benzene rings is 1. The van der Waals surface area contributed by atoms with Crippen LogP contribution in [0.3, 0.4) is 0 Å². The molecule has 0 spiro atoms. The van der Waals surface area contributed by atoms with E-state index in [-0.39, 0.29) is 5.91 Å². The Morgan fingerprint density at radius 3 is 2.26 bits per heavy atom. The van der Waals surface area contributed by atoms with Crippen LogP contribution in [0.25, 0.3) is 0 Å². The molecule has 0 saturated carbocycles. The van der Waals surface area contributed by atoms with E-state index in [9.17, 15) is 4.79 Å². The number of rotatable bonds is 2. The first kappa shape index (κ1) is 13.4. The standard InChI is InChI=1S/C14H19N3O2/c1-16(2)13-5-3-11(4-6-13)14(18)17-9-7-12(15-19)8-10-17/h3-6,19H,7-10H2,1-2H3. The van der Waals surface area contributed by atoms with Gasteiger partial charge in [-0.15, -0.1) is 0 Å². The molecule has 5 nitrogen and oxygen atoms in total. The number of hydrogen-bond acceptors (Lipinski definition) is 4. The quantitative estimate of drug-likeness (QED) is 0.652. The van der Waals surface area contributed by atoms with Crippen LogP contribution in [0.4, 0.5) is 5.69 Å². The Hall–Kier alpha value is -2.04. The maximum absolute atomic E-state index is 12.3. The van der Waals surface area contributed by atoms with E-state index in [0.29, 0.717) is 31.5 Å². The van der Waals surface area contributed by atoms with Crippen molar-refractivity contribution in [3.05, 3.63) is 29.8 Å². The zero-order valence-corrected chi connectivity index (χ0v) is 11.3. The fraction of sp³-hybridized carbons (Fsp3) is 0.429. The van der Waals surface area contributed by atoms with Crippen LogP contribution in [-0.2, 0) is 0 Å². The van der Waals surface area contributed by atoms with Gasteiger partial charge in [-0.3, -0.25) is 4.79 Å². The molecule has 1 aliphatic heterocycles. The number of carbonyl (C=O) groups is 1. The van der Waals surface area contributed by atoms with Gasteiger partial charge < -0.3 is 15.0 Å². The zero-order valence-electron chi connectivity index (χ0n) is 11.3. The summed E-state index contributed by atoms with van der Waals surface area (Å²) in [6.07, 6.45) is 1.30. The topological polar surface area (TPSA) is 56.1 Å². The lowest BCUT2D eigenvalue weighted by atomic mass is 10.1. The second-order valence-corrected chi connectivity index (χ2v) is 4.90. The average molecular weight is 261 g/mol. The molecule has 1 fully saturated rings. The Morgan fingerprint density at radius 2 is 1.79 bits per heavy atom. The van der Waals surface area contributed by atoms with Crippen molar-refractivity contribution < 1.29 is 10.0 Å². The van der Waals surface area contributed by atoms with Gasteiger partial charge in [-0.25, -0.2) is 0 Å². The molecule has 19 heavy (non-hydrogen) atoms. The van der Waals surface area contributed by atoms with E-state index in [1.54, 1.807) is 4.90 Å². The Kier molecular flexibility index (Phi) is 4.04. The molecule has 0 aliphatic carbocycles. The lowest BCUT2D eigenvalue weighted by molar-refractivity contribution is 0.0754. The summed E-state index contributed by atoms with van der Waals surface area (Å²) >= 11 is 0. The molecule has 0 unspecified atom stereocenters. The normalized spacial score (nSPS) is 15.3. The highest BCUT2D eigenvalue weighted by Crippen LogP contribution is 2.16. The highest BCUT2D eigenvalue weighted by molar-refractivity contribution is 5.96.